The summed E-state index contributed by atoms with van der Waals surface area (Å²) in [4.78, 5) is 0. The zero-order valence-electron chi connectivity index (χ0n) is 13.2. The highest BCUT2D eigenvalue weighted by molar-refractivity contribution is 9.10. The lowest BCUT2D eigenvalue weighted by atomic mass is 10.2. The molecule has 0 amide bonds. The average Bonchev–Trinajstić information content (AvgIpc) is 2.60. The molecule has 0 aliphatic heterocycles. The number of ether oxygens (including phenoxy) is 2. The standard InChI is InChI=1S/C16H17Br2O5P/c1-20-15-7-11(3-5-13(15)17)9-22-24(19)23-10-12-4-6-14(18)16(8-12)21-2/h3-8,24H,9-10H2,1-2H3. The second-order valence-corrected chi connectivity index (χ2v) is 7.55. The Bertz CT molecular complexity index is 664. The summed E-state index contributed by atoms with van der Waals surface area (Å²) in [6.45, 7) is 0.371. The van der Waals surface area contributed by atoms with E-state index in [0.717, 1.165) is 20.1 Å². The molecule has 5 nitrogen and oxygen atoms in total. The molecule has 0 aromatic heterocycles. The number of rotatable bonds is 8. The first-order chi connectivity index (χ1) is 11.5. The third kappa shape index (κ3) is 5.60. The maximum absolute atomic E-state index is 11.9. The Labute approximate surface area is 158 Å². The summed E-state index contributed by atoms with van der Waals surface area (Å²) >= 11 is 6.76. The molecule has 0 atom stereocenters. The van der Waals surface area contributed by atoms with Gasteiger partial charge in [0.15, 0.2) is 0 Å². The van der Waals surface area contributed by atoms with Gasteiger partial charge in [-0.2, -0.15) is 0 Å². The van der Waals surface area contributed by atoms with Crippen molar-refractivity contribution in [1.82, 2.24) is 0 Å². The Morgan fingerprint density at radius 1 is 0.833 bits per heavy atom. The van der Waals surface area contributed by atoms with E-state index in [1.807, 2.05) is 36.4 Å². The van der Waals surface area contributed by atoms with Crippen LogP contribution in [0, 0.1) is 0 Å². The number of hydrogen-bond donors (Lipinski definition) is 0. The molecule has 24 heavy (non-hydrogen) atoms. The van der Waals surface area contributed by atoms with E-state index in [0.29, 0.717) is 11.5 Å². The number of hydrogen-bond acceptors (Lipinski definition) is 5. The van der Waals surface area contributed by atoms with Crippen LogP contribution in [0.4, 0.5) is 0 Å². The lowest BCUT2D eigenvalue weighted by Gasteiger charge is -2.09. The number of halogens is 2. The highest BCUT2D eigenvalue weighted by Gasteiger charge is 2.07. The van der Waals surface area contributed by atoms with Crippen LogP contribution >= 0.6 is 40.1 Å². The molecule has 2 aromatic carbocycles. The summed E-state index contributed by atoms with van der Waals surface area (Å²) in [5.74, 6) is 1.39. The molecule has 0 saturated carbocycles. The van der Waals surface area contributed by atoms with Crippen molar-refractivity contribution in [2.75, 3.05) is 14.2 Å². The maximum atomic E-state index is 11.9. The van der Waals surface area contributed by atoms with Crippen LogP contribution in [0.25, 0.3) is 0 Å². The Hall–Kier alpha value is -0.850. The van der Waals surface area contributed by atoms with Crippen molar-refractivity contribution in [1.29, 1.82) is 0 Å². The summed E-state index contributed by atoms with van der Waals surface area (Å²) < 4.78 is 34.6. The van der Waals surface area contributed by atoms with Crippen LogP contribution in [0.5, 0.6) is 11.5 Å². The van der Waals surface area contributed by atoms with Gasteiger partial charge in [-0.05, 0) is 67.3 Å². The lowest BCUT2D eigenvalue weighted by Crippen LogP contribution is -1.93. The van der Waals surface area contributed by atoms with E-state index in [-0.39, 0.29) is 13.2 Å². The molecule has 0 fully saturated rings. The second-order valence-electron chi connectivity index (χ2n) is 4.77. The first kappa shape index (κ1) is 19.5. The molecule has 2 aromatic rings. The SMILES string of the molecule is COc1cc(CO[PH](=O)OCc2ccc(Br)c(OC)c2)ccc1Br. The van der Waals surface area contributed by atoms with E-state index in [1.165, 1.54) is 0 Å². The van der Waals surface area contributed by atoms with Gasteiger partial charge >= 0.3 is 8.25 Å². The summed E-state index contributed by atoms with van der Waals surface area (Å²) in [6, 6.07) is 11.1. The van der Waals surface area contributed by atoms with Gasteiger partial charge in [0.2, 0.25) is 0 Å². The van der Waals surface area contributed by atoms with Crippen LogP contribution in [0.3, 0.4) is 0 Å². The fourth-order valence-electron chi connectivity index (χ4n) is 1.91. The van der Waals surface area contributed by atoms with Gasteiger partial charge in [-0.15, -0.1) is 0 Å². The summed E-state index contributed by atoms with van der Waals surface area (Å²) in [6.07, 6.45) is 0. The lowest BCUT2D eigenvalue weighted by molar-refractivity contribution is 0.212. The first-order valence-electron chi connectivity index (χ1n) is 6.98. The molecular formula is C16H17Br2O5P. The fourth-order valence-corrected chi connectivity index (χ4v) is 3.38. The van der Waals surface area contributed by atoms with Crippen LogP contribution in [0.15, 0.2) is 45.3 Å². The predicted molar refractivity (Wildman–Crippen MR) is 100.0 cm³/mol. The Balaban J connectivity index is 1.85. The van der Waals surface area contributed by atoms with E-state index >= 15 is 0 Å². The first-order valence-corrected chi connectivity index (χ1v) is 9.79. The minimum Gasteiger partial charge on any atom is -0.496 e. The normalized spacial score (nSPS) is 10.9. The monoisotopic (exact) mass is 478 g/mol. The van der Waals surface area contributed by atoms with Gasteiger partial charge in [-0.3, -0.25) is 4.57 Å². The van der Waals surface area contributed by atoms with Crippen molar-refractivity contribution < 1.29 is 23.1 Å². The molecule has 130 valence electrons. The van der Waals surface area contributed by atoms with Crippen LogP contribution in [-0.2, 0) is 26.8 Å². The van der Waals surface area contributed by atoms with E-state index in [9.17, 15) is 4.57 Å². The Kier molecular flexibility index (Phi) is 7.78. The van der Waals surface area contributed by atoms with Gasteiger partial charge in [0.25, 0.3) is 0 Å². The Morgan fingerprint density at radius 2 is 1.25 bits per heavy atom. The van der Waals surface area contributed by atoms with Crippen molar-refractivity contribution in [2.24, 2.45) is 0 Å². The summed E-state index contributed by atoms with van der Waals surface area (Å²) in [5.41, 5.74) is 1.70. The van der Waals surface area contributed by atoms with E-state index in [4.69, 9.17) is 18.5 Å². The van der Waals surface area contributed by atoms with Gasteiger partial charge in [0.05, 0.1) is 36.4 Å². The zero-order valence-corrected chi connectivity index (χ0v) is 17.3. The van der Waals surface area contributed by atoms with E-state index < -0.39 is 8.25 Å². The largest absolute Gasteiger partial charge is 0.496 e. The smallest absolute Gasteiger partial charge is 0.319 e. The molecule has 2 rings (SSSR count). The van der Waals surface area contributed by atoms with Crippen molar-refractivity contribution in [3.05, 3.63) is 56.5 Å². The van der Waals surface area contributed by atoms with E-state index in [1.54, 1.807) is 14.2 Å². The summed E-state index contributed by atoms with van der Waals surface area (Å²) in [5, 5.41) is 0. The minimum atomic E-state index is -2.60. The van der Waals surface area contributed by atoms with Crippen molar-refractivity contribution in [3.8, 4) is 11.5 Å². The van der Waals surface area contributed by atoms with Crippen LogP contribution in [-0.4, -0.2) is 14.2 Å². The molecule has 0 heterocycles. The van der Waals surface area contributed by atoms with Crippen molar-refractivity contribution in [2.45, 2.75) is 13.2 Å². The molecule has 0 bridgehead atoms. The van der Waals surface area contributed by atoms with Gasteiger partial charge in [0, 0.05) is 0 Å². The van der Waals surface area contributed by atoms with Gasteiger partial charge in [-0.25, -0.2) is 0 Å². The highest BCUT2D eigenvalue weighted by atomic mass is 79.9. The fraction of sp³-hybridized carbons (Fsp3) is 0.250. The molecule has 8 heteroatoms. The quantitative estimate of drug-likeness (QED) is 0.477. The van der Waals surface area contributed by atoms with Crippen molar-refractivity contribution >= 4 is 40.1 Å². The van der Waals surface area contributed by atoms with Gasteiger partial charge in [-0.1, -0.05) is 12.1 Å². The molecule has 0 aliphatic rings. The molecular weight excluding hydrogens is 463 g/mol. The average molecular weight is 480 g/mol. The maximum Gasteiger partial charge on any atom is 0.319 e. The third-order valence-electron chi connectivity index (χ3n) is 3.14. The van der Waals surface area contributed by atoms with Gasteiger partial charge in [0.1, 0.15) is 11.5 Å². The molecule has 0 spiro atoms. The highest BCUT2D eigenvalue weighted by Crippen LogP contribution is 2.32. The van der Waals surface area contributed by atoms with Crippen molar-refractivity contribution in [3.63, 3.8) is 0 Å². The molecule has 0 saturated heterocycles. The number of methoxy groups -OCH3 is 2. The van der Waals surface area contributed by atoms with Crippen LogP contribution < -0.4 is 9.47 Å². The Morgan fingerprint density at radius 3 is 1.62 bits per heavy atom. The third-order valence-corrected chi connectivity index (χ3v) is 5.21. The van der Waals surface area contributed by atoms with Crippen LogP contribution in [0.2, 0.25) is 0 Å². The molecule has 0 unspecified atom stereocenters. The minimum absolute atomic E-state index is 0.186. The molecule has 0 radical (unpaired) electrons. The molecule has 0 N–H and O–H groups in total. The topological polar surface area (TPSA) is 54.0 Å². The molecule has 0 aliphatic carbocycles. The second kappa shape index (κ2) is 9.59. The van der Waals surface area contributed by atoms with Gasteiger partial charge < -0.3 is 18.5 Å². The number of benzene rings is 2. The van der Waals surface area contributed by atoms with E-state index in [2.05, 4.69) is 31.9 Å². The predicted octanol–water partition coefficient (Wildman–Crippen LogP) is 5.35. The van der Waals surface area contributed by atoms with Crippen LogP contribution in [0.1, 0.15) is 11.1 Å². The summed E-state index contributed by atoms with van der Waals surface area (Å²) in [7, 11) is 0.575. The zero-order chi connectivity index (χ0) is 17.5.